The number of hydrogen-bond donors (Lipinski definition) is 0. The number of hydrogen-bond acceptors (Lipinski definition) is 4. The van der Waals surface area contributed by atoms with Crippen molar-refractivity contribution >= 4 is 5.91 Å². The summed E-state index contributed by atoms with van der Waals surface area (Å²) >= 11 is 0. The van der Waals surface area contributed by atoms with Crippen LogP contribution in [0.4, 0.5) is 0 Å². The van der Waals surface area contributed by atoms with E-state index in [-0.39, 0.29) is 17.4 Å². The Balaban J connectivity index is 1.76. The van der Waals surface area contributed by atoms with E-state index >= 15 is 0 Å². The molecule has 21 heavy (non-hydrogen) atoms. The molecule has 2 fully saturated rings. The van der Waals surface area contributed by atoms with E-state index in [1.54, 1.807) is 12.3 Å². The summed E-state index contributed by atoms with van der Waals surface area (Å²) in [6.07, 6.45) is 6.26. The molecule has 5 heteroatoms. The summed E-state index contributed by atoms with van der Waals surface area (Å²) in [5.41, 5.74) is 0.572. The number of likely N-dealkylation sites (tertiary alicyclic amines) is 1. The molecule has 0 aliphatic carbocycles. The summed E-state index contributed by atoms with van der Waals surface area (Å²) in [5.74, 6) is 0.0450. The molecule has 2 aliphatic heterocycles. The lowest BCUT2D eigenvalue weighted by molar-refractivity contribution is -0.146. The lowest BCUT2D eigenvalue weighted by Crippen LogP contribution is -2.58. The molecule has 0 radical (unpaired) electrons. The fourth-order valence-corrected chi connectivity index (χ4v) is 3.55. The molecule has 2 aliphatic rings. The first-order valence-electron chi connectivity index (χ1n) is 7.76. The number of furan rings is 1. The number of amides is 1. The van der Waals surface area contributed by atoms with Crippen LogP contribution in [0.1, 0.15) is 36.5 Å². The Morgan fingerprint density at radius 2 is 2.48 bits per heavy atom. The predicted octanol–water partition coefficient (Wildman–Crippen LogP) is 2.33. The van der Waals surface area contributed by atoms with Crippen LogP contribution in [0.15, 0.2) is 23.0 Å². The fourth-order valence-electron chi connectivity index (χ4n) is 3.55. The van der Waals surface area contributed by atoms with Crippen molar-refractivity contribution in [1.29, 1.82) is 0 Å². The van der Waals surface area contributed by atoms with Crippen molar-refractivity contribution in [2.24, 2.45) is 5.41 Å². The van der Waals surface area contributed by atoms with Crippen molar-refractivity contribution in [1.82, 2.24) is 4.90 Å². The van der Waals surface area contributed by atoms with Gasteiger partial charge in [0, 0.05) is 31.7 Å². The van der Waals surface area contributed by atoms with Gasteiger partial charge in [-0.05, 0) is 32.3 Å². The molecule has 1 aromatic heterocycles. The van der Waals surface area contributed by atoms with Gasteiger partial charge in [0.25, 0.3) is 5.91 Å². The molecule has 0 aromatic carbocycles. The van der Waals surface area contributed by atoms with Crippen LogP contribution in [0, 0.1) is 5.41 Å². The molecular weight excluding hydrogens is 270 g/mol. The van der Waals surface area contributed by atoms with E-state index in [1.165, 1.54) is 6.26 Å². The molecule has 3 rings (SSSR count). The van der Waals surface area contributed by atoms with Gasteiger partial charge in [-0.3, -0.25) is 4.79 Å². The summed E-state index contributed by atoms with van der Waals surface area (Å²) in [5, 5.41) is 0. The minimum Gasteiger partial charge on any atom is -0.472 e. The minimum absolute atomic E-state index is 0.0450. The second kappa shape index (κ2) is 6.20. The Hall–Kier alpha value is -1.33. The lowest BCUT2D eigenvalue weighted by atomic mass is 9.73. The number of carbonyl (C=O) groups excluding carboxylic acids is 1. The van der Waals surface area contributed by atoms with Gasteiger partial charge in [0.15, 0.2) is 0 Å². The van der Waals surface area contributed by atoms with Gasteiger partial charge in [-0.1, -0.05) is 0 Å². The van der Waals surface area contributed by atoms with E-state index in [1.807, 2.05) is 11.8 Å². The van der Waals surface area contributed by atoms with Crippen LogP contribution < -0.4 is 0 Å². The zero-order valence-electron chi connectivity index (χ0n) is 12.5. The molecular formula is C16H23NO4. The number of ether oxygens (including phenoxy) is 2. The van der Waals surface area contributed by atoms with Gasteiger partial charge in [0.05, 0.1) is 24.5 Å². The highest BCUT2D eigenvalue weighted by Crippen LogP contribution is 2.40. The van der Waals surface area contributed by atoms with Crippen LogP contribution in [0.2, 0.25) is 0 Å². The summed E-state index contributed by atoms with van der Waals surface area (Å²) in [4.78, 5) is 14.5. The SMILES string of the molecule is CCOC[C@]12CCCO[C@H]1CCN(C(=O)c1ccoc1)C2. The maximum absolute atomic E-state index is 12.5. The van der Waals surface area contributed by atoms with Gasteiger partial charge in [-0.25, -0.2) is 0 Å². The van der Waals surface area contributed by atoms with E-state index in [2.05, 4.69) is 0 Å². The summed E-state index contributed by atoms with van der Waals surface area (Å²) < 4.78 is 16.7. The van der Waals surface area contributed by atoms with E-state index in [4.69, 9.17) is 13.9 Å². The van der Waals surface area contributed by atoms with Crippen molar-refractivity contribution in [2.45, 2.75) is 32.3 Å². The van der Waals surface area contributed by atoms with Crippen LogP contribution in [0.5, 0.6) is 0 Å². The third-order valence-electron chi connectivity index (χ3n) is 4.64. The fraction of sp³-hybridized carbons (Fsp3) is 0.688. The van der Waals surface area contributed by atoms with Crippen LogP contribution >= 0.6 is 0 Å². The highest BCUT2D eigenvalue weighted by Gasteiger charge is 2.47. The molecule has 0 saturated carbocycles. The van der Waals surface area contributed by atoms with Crippen LogP contribution in [0.3, 0.4) is 0 Å². The third kappa shape index (κ3) is 2.85. The molecule has 0 bridgehead atoms. The number of fused-ring (bicyclic) bond motifs is 1. The van der Waals surface area contributed by atoms with Crippen molar-refractivity contribution in [2.75, 3.05) is 32.9 Å². The second-order valence-corrected chi connectivity index (χ2v) is 5.99. The zero-order valence-corrected chi connectivity index (χ0v) is 12.5. The largest absolute Gasteiger partial charge is 0.472 e. The highest BCUT2D eigenvalue weighted by molar-refractivity contribution is 5.93. The molecule has 2 saturated heterocycles. The standard InChI is InChI=1S/C16H23NO4/c1-2-19-12-16-6-3-8-21-14(16)4-7-17(11-16)15(18)13-5-9-20-10-13/h5,9-10,14H,2-4,6-8,11-12H2,1H3/t14-,16+/m0/s1. The van der Waals surface area contributed by atoms with Crippen molar-refractivity contribution in [3.8, 4) is 0 Å². The third-order valence-corrected chi connectivity index (χ3v) is 4.64. The minimum atomic E-state index is -0.0497. The molecule has 1 aromatic rings. The highest BCUT2D eigenvalue weighted by atomic mass is 16.5. The Morgan fingerprint density at radius 3 is 3.24 bits per heavy atom. The van der Waals surface area contributed by atoms with E-state index in [0.717, 1.165) is 32.4 Å². The average Bonchev–Trinajstić information content (AvgIpc) is 3.06. The van der Waals surface area contributed by atoms with Crippen molar-refractivity contribution < 1.29 is 18.7 Å². The Kier molecular flexibility index (Phi) is 4.31. The van der Waals surface area contributed by atoms with Crippen LogP contribution in [-0.4, -0.2) is 49.8 Å². The molecule has 116 valence electrons. The summed E-state index contributed by atoms with van der Waals surface area (Å²) in [6.45, 7) is 5.65. The topological polar surface area (TPSA) is 51.9 Å². The average molecular weight is 293 g/mol. The normalized spacial score (nSPS) is 29.2. The Morgan fingerprint density at radius 1 is 1.57 bits per heavy atom. The maximum Gasteiger partial charge on any atom is 0.257 e. The van der Waals surface area contributed by atoms with Crippen LogP contribution in [0.25, 0.3) is 0 Å². The molecule has 3 heterocycles. The smallest absolute Gasteiger partial charge is 0.257 e. The number of nitrogens with zero attached hydrogens (tertiary/aromatic N) is 1. The van der Waals surface area contributed by atoms with Gasteiger partial charge in [-0.2, -0.15) is 0 Å². The maximum atomic E-state index is 12.5. The second-order valence-electron chi connectivity index (χ2n) is 5.99. The van der Waals surface area contributed by atoms with Gasteiger partial charge >= 0.3 is 0 Å². The first-order valence-corrected chi connectivity index (χ1v) is 7.76. The number of piperidine rings is 1. The van der Waals surface area contributed by atoms with Gasteiger partial charge < -0.3 is 18.8 Å². The molecule has 1 amide bonds. The van der Waals surface area contributed by atoms with Crippen LogP contribution in [-0.2, 0) is 9.47 Å². The first-order chi connectivity index (χ1) is 10.2. The first kappa shape index (κ1) is 14.6. The van der Waals surface area contributed by atoms with E-state index in [0.29, 0.717) is 25.3 Å². The lowest BCUT2D eigenvalue weighted by Gasteiger charge is -2.50. The predicted molar refractivity (Wildman–Crippen MR) is 77.1 cm³/mol. The molecule has 0 unspecified atom stereocenters. The molecule has 5 nitrogen and oxygen atoms in total. The quantitative estimate of drug-likeness (QED) is 0.855. The van der Waals surface area contributed by atoms with Crippen molar-refractivity contribution in [3.05, 3.63) is 24.2 Å². The number of carbonyl (C=O) groups is 1. The van der Waals surface area contributed by atoms with Crippen molar-refractivity contribution in [3.63, 3.8) is 0 Å². The summed E-state index contributed by atoms with van der Waals surface area (Å²) in [7, 11) is 0. The monoisotopic (exact) mass is 293 g/mol. The zero-order chi connectivity index (χ0) is 14.7. The number of rotatable bonds is 4. The van der Waals surface area contributed by atoms with Gasteiger partial charge in [-0.15, -0.1) is 0 Å². The Bertz CT molecular complexity index is 473. The molecule has 0 spiro atoms. The van der Waals surface area contributed by atoms with E-state index in [9.17, 15) is 4.79 Å². The van der Waals surface area contributed by atoms with Gasteiger partial charge in [0.1, 0.15) is 6.26 Å². The van der Waals surface area contributed by atoms with E-state index < -0.39 is 0 Å². The molecule has 2 atom stereocenters. The molecule has 0 N–H and O–H groups in total. The van der Waals surface area contributed by atoms with Gasteiger partial charge in [0.2, 0.25) is 0 Å². The Labute approximate surface area is 125 Å². The summed E-state index contributed by atoms with van der Waals surface area (Å²) in [6, 6.07) is 1.72.